The largest absolute Gasteiger partial charge is 0.489 e. The smallest absolute Gasteiger partial charge is 0.248 e. The number of halogens is 1. The molecule has 1 rings (SSSR count). The first-order valence-corrected chi connectivity index (χ1v) is 6.76. The van der Waals surface area contributed by atoms with Gasteiger partial charge in [-0.15, -0.1) is 0 Å². The van der Waals surface area contributed by atoms with Crippen LogP contribution >= 0.6 is 0 Å². The van der Waals surface area contributed by atoms with Crippen molar-refractivity contribution in [1.29, 1.82) is 0 Å². The summed E-state index contributed by atoms with van der Waals surface area (Å²) >= 11 is 0. The summed E-state index contributed by atoms with van der Waals surface area (Å²) in [5, 5.41) is 0. The molecule has 1 aromatic rings. The van der Waals surface area contributed by atoms with E-state index in [4.69, 9.17) is 10.5 Å². The summed E-state index contributed by atoms with van der Waals surface area (Å²) < 4.78 is 18.5. The summed E-state index contributed by atoms with van der Waals surface area (Å²) in [4.78, 5) is 13.0. The Morgan fingerprint density at radius 1 is 1.33 bits per heavy atom. The Labute approximate surface area is 125 Å². The van der Waals surface area contributed by atoms with Gasteiger partial charge in [-0.3, -0.25) is 9.69 Å². The van der Waals surface area contributed by atoms with E-state index >= 15 is 0 Å². The maximum Gasteiger partial charge on any atom is 0.248 e. The molecule has 0 aliphatic heterocycles. The minimum atomic E-state index is -0.488. The van der Waals surface area contributed by atoms with Crippen molar-refractivity contribution in [3.05, 3.63) is 41.7 Å². The summed E-state index contributed by atoms with van der Waals surface area (Å²) in [6.07, 6.45) is 0.583. The molecule has 4 nitrogen and oxygen atoms in total. The van der Waals surface area contributed by atoms with E-state index in [0.717, 1.165) is 0 Å². The van der Waals surface area contributed by atoms with Gasteiger partial charge in [0.05, 0.1) is 6.33 Å². The van der Waals surface area contributed by atoms with Crippen LogP contribution in [0.5, 0.6) is 5.75 Å². The summed E-state index contributed by atoms with van der Waals surface area (Å²) in [5.41, 5.74) is 6.08. The first-order valence-electron chi connectivity index (χ1n) is 6.76. The Hall–Kier alpha value is -1.88. The van der Waals surface area contributed by atoms with Crippen LogP contribution in [0.25, 0.3) is 0 Å². The molecule has 0 heterocycles. The minimum absolute atomic E-state index is 0.0443. The second kappa shape index (κ2) is 7.22. The average Bonchev–Trinajstić information content (AvgIpc) is 2.42. The number of carbonyl (C=O) groups is 1. The molecule has 0 radical (unpaired) electrons. The van der Waals surface area contributed by atoms with Crippen molar-refractivity contribution in [2.75, 3.05) is 20.2 Å². The lowest BCUT2D eigenvalue weighted by Gasteiger charge is -2.32. The number of hydrogen-bond acceptors (Lipinski definition) is 3. The van der Waals surface area contributed by atoms with E-state index in [9.17, 15) is 9.18 Å². The van der Waals surface area contributed by atoms with Crippen LogP contribution < -0.4 is 10.5 Å². The molecular weight excluding hydrogens is 271 g/mol. The zero-order chi connectivity index (χ0) is 16.0. The van der Waals surface area contributed by atoms with Crippen LogP contribution in [0.4, 0.5) is 4.39 Å². The number of likely N-dealkylation sites (N-methyl/N-ethyl adjacent to an activating group) is 1. The van der Waals surface area contributed by atoms with Gasteiger partial charge in [0.25, 0.3) is 0 Å². The maximum atomic E-state index is 12.9. The van der Waals surface area contributed by atoms with Gasteiger partial charge in [0.2, 0.25) is 5.91 Å². The number of benzene rings is 1. The van der Waals surface area contributed by atoms with Crippen molar-refractivity contribution in [1.82, 2.24) is 4.90 Å². The van der Waals surface area contributed by atoms with Crippen molar-refractivity contribution >= 4 is 5.91 Å². The quantitative estimate of drug-likeness (QED) is 0.877. The third-order valence-electron chi connectivity index (χ3n) is 3.30. The van der Waals surface area contributed by atoms with E-state index in [-0.39, 0.29) is 12.1 Å². The second-order valence-electron chi connectivity index (χ2n) is 5.97. The molecule has 0 aliphatic rings. The van der Waals surface area contributed by atoms with Crippen LogP contribution in [-0.2, 0) is 0 Å². The van der Waals surface area contributed by atoms with Crippen molar-refractivity contribution in [2.45, 2.75) is 26.3 Å². The molecule has 1 amide bonds. The van der Waals surface area contributed by atoms with Gasteiger partial charge in [-0.25, -0.2) is 4.39 Å². The molecule has 0 atom stereocenters. The molecule has 1 aromatic carbocycles. The first-order chi connectivity index (χ1) is 9.74. The molecule has 5 heteroatoms. The highest BCUT2D eigenvalue weighted by Gasteiger charge is 2.18. The SMILES string of the molecule is CN(C/C(=C\F)COc1ccc(C(N)=O)cc1)C(C)(C)C. The third kappa shape index (κ3) is 5.55. The minimum Gasteiger partial charge on any atom is -0.489 e. The Kier molecular flexibility index (Phi) is 5.90. The number of hydrogen-bond donors (Lipinski definition) is 1. The molecule has 0 fully saturated rings. The highest BCUT2D eigenvalue weighted by Crippen LogP contribution is 2.16. The zero-order valence-corrected chi connectivity index (χ0v) is 13.0. The number of ether oxygens (including phenoxy) is 1. The summed E-state index contributed by atoms with van der Waals surface area (Å²) in [7, 11) is 1.94. The topological polar surface area (TPSA) is 55.6 Å². The predicted octanol–water partition coefficient (Wildman–Crippen LogP) is 2.75. The lowest BCUT2D eigenvalue weighted by Crippen LogP contribution is -2.39. The van der Waals surface area contributed by atoms with Crippen LogP contribution in [0, 0.1) is 0 Å². The summed E-state index contributed by atoms with van der Waals surface area (Å²) in [6, 6.07) is 6.45. The van der Waals surface area contributed by atoms with Gasteiger partial charge < -0.3 is 10.5 Å². The highest BCUT2D eigenvalue weighted by molar-refractivity contribution is 5.92. The Morgan fingerprint density at radius 3 is 2.33 bits per heavy atom. The standard InChI is InChI=1S/C16H23FN2O2/c1-16(2,3)19(4)10-12(9-17)11-21-14-7-5-13(6-8-14)15(18)20/h5-9H,10-11H2,1-4H3,(H2,18,20)/b12-9+. The van der Waals surface area contributed by atoms with E-state index in [1.807, 2.05) is 11.9 Å². The second-order valence-corrected chi connectivity index (χ2v) is 5.97. The van der Waals surface area contributed by atoms with Crippen molar-refractivity contribution in [2.24, 2.45) is 5.73 Å². The van der Waals surface area contributed by atoms with Gasteiger partial charge in [-0.2, -0.15) is 0 Å². The fourth-order valence-electron chi connectivity index (χ4n) is 1.54. The summed E-state index contributed by atoms with van der Waals surface area (Å²) in [6.45, 7) is 6.83. The van der Waals surface area contributed by atoms with Crippen LogP contribution in [0.2, 0.25) is 0 Å². The lowest BCUT2D eigenvalue weighted by molar-refractivity contribution is 0.100. The fraction of sp³-hybridized carbons (Fsp3) is 0.438. The molecule has 21 heavy (non-hydrogen) atoms. The number of nitrogens with zero attached hydrogens (tertiary/aromatic N) is 1. The molecule has 0 saturated carbocycles. The molecule has 0 aliphatic carbocycles. The highest BCUT2D eigenvalue weighted by atomic mass is 19.1. The molecule has 2 N–H and O–H groups in total. The van der Waals surface area contributed by atoms with Crippen molar-refractivity contribution in [3.8, 4) is 5.75 Å². The Bertz CT molecular complexity index is 504. The Morgan fingerprint density at radius 2 is 1.90 bits per heavy atom. The lowest BCUT2D eigenvalue weighted by atomic mass is 10.1. The van der Waals surface area contributed by atoms with Gasteiger partial charge in [0.1, 0.15) is 12.4 Å². The third-order valence-corrected chi connectivity index (χ3v) is 3.30. The van der Waals surface area contributed by atoms with Crippen LogP contribution in [0.3, 0.4) is 0 Å². The van der Waals surface area contributed by atoms with Crippen molar-refractivity contribution < 1.29 is 13.9 Å². The molecule has 0 bridgehead atoms. The van der Waals surface area contributed by atoms with Gasteiger partial charge >= 0.3 is 0 Å². The van der Waals surface area contributed by atoms with E-state index in [1.165, 1.54) is 0 Å². The number of nitrogens with two attached hydrogens (primary N) is 1. The average molecular weight is 294 g/mol. The van der Waals surface area contributed by atoms with Crippen LogP contribution in [0.15, 0.2) is 36.2 Å². The van der Waals surface area contributed by atoms with E-state index < -0.39 is 5.91 Å². The summed E-state index contributed by atoms with van der Waals surface area (Å²) in [5.74, 6) is 0.0791. The molecule has 0 saturated heterocycles. The molecule has 0 spiro atoms. The van der Waals surface area contributed by atoms with Gasteiger partial charge in [-0.05, 0) is 52.1 Å². The number of rotatable bonds is 6. The molecule has 116 valence electrons. The van der Waals surface area contributed by atoms with Gasteiger partial charge in [0.15, 0.2) is 0 Å². The number of primary amides is 1. The van der Waals surface area contributed by atoms with Crippen LogP contribution in [-0.4, -0.2) is 36.5 Å². The van der Waals surface area contributed by atoms with E-state index in [1.54, 1.807) is 24.3 Å². The first kappa shape index (κ1) is 17.2. The zero-order valence-electron chi connectivity index (χ0n) is 13.0. The van der Waals surface area contributed by atoms with Gasteiger partial charge in [-0.1, -0.05) is 0 Å². The molecular formula is C16H23FN2O2. The normalized spacial score (nSPS) is 12.6. The Balaban J connectivity index is 2.58. The molecule has 0 unspecified atom stereocenters. The van der Waals surface area contributed by atoms with E-state index in [2.05, 4.69) is 20.8 Å². The number of amides is 1. The fourth-order valence-corrected chi connectivity index (χ4v) is 1.54. The number of carbonyl (C=O) groups excluding carboxylic acids is 1. The van der Waals surface area contributed by atoms with E-state index in [0.29, 0.717) is 29.8 Å². The monoisotopic (exact) mass is 294 g/mol. The van der Waals surface area contributed by atoms with Crippen molar-refractivity contribution in [3.63, 3.8) is 0 Å². The van der Waals surface area contributed by atoms with Crippen LogP contribution in [0.1, 0.15) is 31.1 Å². The molecule has 0 aromatic heterocycles. The predicted molar refractivity (Wildman–Crippen MR) is 82.0 cm³/mol. The maximum absolute atomic E-state index is 12.9. The van der Waals surface area contributed by atoms with Gasteiger partial charge in [0, 0.05) is 23.2 Å².